The van der Waals surface area contributed by atoms with E-state index in [1.807, 2.05) is 18.2 Å². The molecule has 0 spiro atoms. The lowest BCUT2D eigenvalue weighted by molar-refractivity contribution is 0.602. The molecule has 0 bridgehead atoms. The van der Waals surface area contributed by atoms with E-state index < -0.39 is 10.0 Å². The molecule has 0 aliphatic rings. The van der Waals surface area contributed by atoms with Gasteiger partial charge in [-0.1, -0.05) is 29.8 Å². The van der Waals surface area contributed by atoms with Crippen LogP contribution in [0.15, 0.2) is 58.3 Å². The summed E-state index contributed by atoms with van der Waals surface area (Å²) in [4.78, 5) is 0. The quantitative estimate of drug-likeness (QED) is 0.764. The first-order chi connectivity index (χ1) is 10.5. The Kier molecular flexibility index (Phi) is 4.19. The molecule has 0 radical (unpaired) electrons. The third-order valence-electron chi connectivity index (χ3n) is 2.87. The van der Waals surface area contributed by atoms with Crippen LogP contribution in [0.4, 0.5) is 5.82 Å². The zero-order chi connectivity index (χ0) is 15.6. The van der Waals surface area contributed by atoms with Crippen LogP contribution in [0.25, 0.3) is 0 Å². The normalized spacial score (nSPS) is 11.5. The van der Waals surface area contributed by atoms with Crippen molar-refractivity contribution in [3.8, 4) is 0 Å². The van der Waals surface area contributed by atoms with Crippen molar-refractivity contribution in [2.45, 2.75) is 10.8 Å². The van der Waals surface area contributed by atoms with Crippen LogP contribution < -0.4 is 4.72 Å². The standard InChI is InChI=1S/C14H12ClN3O2S2/c15-12-4-1-3-11(9-12)10-18-7-6-13(16-18)17-22(19,20)14-5-2-8-21-14/h1-9H,10H2,(H,16,17). The Balaban J connectivity index is 1.74. The topological polar surface area (TPSA) is 64.0 Å². The molecule has 0 atom stereocenters. The number of nitrogens with zero attached hydrogens (tertiary/aromatic N) is 2. The maximum Gasteiger partial charge on any atom is 0.272 e. The summed E-state index contributed by atoms with van der Waals surface area (Å²) in [5, 5.41) is 6.59. The maximum absolute atomic E-state index is 12.1. The smallest absolute Gasteiger partial charge is 0.266 e. The van der Waals surface area contributed by atoms with Gasteiger partial charge in [-0.3, -0.25) is 9.40 Å². The van der Waals surface area contributed by atoms with Gasteiger partial charge in [-0.25, -0.2) is 8.42 Å². The zero-order valence-corrected chi connectivity index (χ0v) is 13.7. The van der Waals surface area contributed by atoms with Crippen molar-refractivity contribution in [1.29, 1.82) is 0 Å². The first-order valence-corrected chi connectivity index (χ1v) is 9.11. The van der Waals surface area contributed by atoms with E-state index in [0.29, 0.717) is 11.6 Å². The van der Waals surface area contributed by atoms with Gasteiger partial charge in [-0.05, 0) is 29.1 Å². The van der Waals surface area contributed by atoms with E-state index in [0.717, 1.165) is 16.9 Å². The number of halogens is 1. The van der Waals surface area contributed by atoms with Gasteiger partial charge in [0.2, 0.25) is 0 Å². The summed E-state index contributed by atoms with van der Waals surface area (Å²) >= 11 is 7.10. The van der Waals surface area contributed by atoms with Crippen molar-refractivity contribution < 1.29 is 8.42 Å². The molecule has 0 amide bonds. The van der Waals surface area contributed by atoms with Gasteiger partial charge < -0.3 is 0 Å². The first kappa shape index (κ1) is 15.1. The summed E-state index contributed by atoms with van der Waals surface area (Å²) in [6.07, 6.45) is 1.72. The monoisotopic (exact) mass is 353 g/mol. The summed E-state index contributed by atoms with van der Waals surface area (Å²) in [7, 11) is -3.56. The fourth-order valence-corrected chi connectivity index (χ4v) is 4.13. The molecular weight excluding hydrogens is 342 g/mol. The fraction of sp³-hybridized carbons (Fsp3) is 0.0714. The first-order valence-electron chi connectivity index (χ1n) is 6.37. The Morgan fingerprint density at radius 3 is 2.82 bits per heavy atom. The molecule has 0 unspecified atom stereocenters. The molecule has 0 saturated heterocycles. The molecule has 8 heteroatoms. The molecule has 0 fully saturated rings. The Hall–Kier alpha value is -1.83. The highest BCUT2D eigenvalue weighted by Crippen LogP contribution is 2.19. The van der Waals surface area contributed by atoms with E-state index in [4.69, 9.17) is 11.6 Å². The second-order valence-corrected chi connectivity index (χ2v) is 7.86. The van der Waals surface area contributed by atoms with E-state index >= 15 is 0 Å². The lowest BCUT2D eigenvalue weighted by Crippen LogP contribution is -2.12. The second kappa shape index (κ2) is 6.12. The highest BCUT2D eigenvalue weighted by Gasteiger charge is 2.16. The molecule has 1 aromatic carbocycles. The number of aromatic nitrogens is 2. The van der Waals surface area contributed by atoms with E-state index in [2.05, 4.69) is 9.82 Å². The molecule has 2 heterocycles. The van der Waals surface area contributed by atoms with Crippen molar-refractivity contribution in [3.05, 3.63) is 64.6 Å². The van der Waals surface area contributed by atoms with E-state index in [1.165, 1.54) is 0 Å². The zero-order valence-electron chi connectivity index (χ0n) is 11.3. The third-order valence-corrected chi connectivity index (χ3v) is 5.86. The Labute approximate surface area is 137 Å². The molecule has 2 aromatic heterocycles. The summed E-state index contributed by atoms with van der Waals surface area (Å²) in [5.41, 5.74) is 0.989. The minimum Gasteiger partial charge on any atom is -0.266 e. The van der Waals surface area contributed by atoms with Crippen LogP contribution in [0.2, 0.25) is 5.02 Å². The largest absolute Gasteiger partial charge is 0.272 e. The van der Waals surface area contributed by atoms with Crippen LogP contribution in [0.1, 0.15) is 5.56 Å². The van der Waals surface area contributed by atoms with E-state index in [1.54, 1.807) is 40.5 Å². The number of thiophene rings is 1. The molecule has 3 aromatic rings. The van der Waals surface area contributed by atoms with Gasteiger partial charge >= 0.3 is 0 Å². The molecule has 0 aliphatic heterocycles. The number of rotatable bonds is 5. The highest BCUT2D eigenvalue weighted by atomic mass is 35.5. The van der Waals surface area contributed by atoms with Crippen molar-refractivity contribution in [2.24, 2.45) is 0 Å². The van der Waals surface area contributed by atoms with Crippen molar-refractivity contribution in [3.63, 3.8) is 0 Å². The van der Waals surface area contributed by atoms with Crippen LogP contribution in [0.3, 0.4) is 0 Å². The summed E-state index contributed by atoms with van der Waals surface area (Å²) in [6, 6.07) is 12.3. The average molecular weight is 354 g/mol. The molecule has 0 aliphatic carbocycles. The van der Waals surface area contributed by atoms with Gasteiger partial charge in [-0.15, -0.1) is 11.3 Å². The maximum atomic E-state index is 12.1. The molecule has 3 rings (SSSR count). The number of sulfonamides is 1. The predicted octanol–water partition coefficient (Wildman–Crippen LogP) is 3.45. The van der Waals surface area contributed by atoms with Crippen LogP contribution >= 0.6 is 22.9 Å². The van der Waals surface area contributed by atoms with Crippen LogP contribution in [0, 0.1) is 0 Å². The minimum absolute atomic E-state index is 0.261. The predicted molar refractivity (Wildman–Crippen MR) is 87.9 cm³/mol. The van der Waals surface area contributed by atoms with Gasteiger partial charge in [0.15, 0.2) is 5.82 Å². The summed E-state index contributed by atoms with van der Waals surface area (Å²) in [5.74, 6) is 0.287. The summed E-state index contributed by atoms with van der Waals surface area (Å²) in [6.45, 7) is 0.515. The van der Waals surface area contributed by atoms with Gasteiger partial charge in [0.1, 0.15) is 4.21 Å². The lowest BCUT2D eigenvalue weighted by atomic mass is 10.2. The number of nitrogens with one attached hydrogen (secondary N) is 1. The molecule has 114 valence electrons. The average Bonchev–Trinajstić information content (AvgIpc) is 3.10. The Morgan fingerprint density at radius 1 is 1.23 bits per heavy atom. The Morgan fingerprint density at radius 2 is 2.09 bits per heavy atom. The number of benzene rings is 1. The van der Waals surface area contributed by atoms with Crippen LogP contribution in [-0.4, -0.2) is 18.2 Å². The second-order valence-electron chi connectivity index (χ2n) is 4.57. The van der Waals surface area contributed by atoms with Crippen molar-refractivity contribution in [2.75, 3.05) is 4.72 Å². The fourth-order valence-electron chi connectivity index (χ4n) is 1.93. The van der Waals surface area contributed by atoms with Crippen molar-refractivity contribution in [1.82, 2.24) is 9.78 Å². The van der Waals surface area contributed by atoms with Crippen molar-refractivity contribution >= 4 is 38.8 Å². The summed E-state index contributed by atoms with van der Waals surface area (Å²) < 4.78 is 28.6. The van der Waals surface area contributed by atoms with Crippen LogP contribution in [-0.2, 0) is 16.6 Å². The van der Waals surface area contributed by atoms with Gasteiger partial charge in [0, 0.05) is 17.3 Å². The number of hydrogen-bond donors (Lipinski definition) is 1. The highest BCUT2D eigenvalue weighted by molar-refractivity contribution is 7.94. The number of anilines is 1. The van der Waals surface area contributed by atoms with E-state index in [-0.39, 0.29) is 10.0 Å². The molecule has 22 heavy (non-hydrogen) atoms. The van der Waals surface area contributed by atoms with E-state index in [9.17, 15) is 8.42 Å². The van der Waals surface area contributed by atoms with Gasteiger partial charge in [0.05, 0.1) is 6.54 Å². The molecule has 0 saturated carbocycles. The molecule has 1 N–H and O–H groups in total. The minimum atomic E-state index is -3.56. The molecule has 5 nitrogen and oxygen atoms in total. The SMILES string of the molecule is O=S(=O)(Nc1ccn(Cc2cccc(Cl)c2)n1)c1cccs1. The number of hydrogen-bond acceptors (Lipinski definition) is 4. The Bertz CT molecular complexity index is 873. The lowest BCUT2D eigenvalue weighted by Gasteiger charge is -2.04. The third kappa shape index (κ3) is 3.49. The van der Waals surface area contributed by atoms with Gasteiger partial charge in [0.25, 0.3) is 10.0 Å². The van der Waals surface area contributed by atoms with Gasteiger partial charge in [-0.2, -0.15) is 5.10 Å². The molecular formula is C14H12ClN3O2S2. The van der Waals surface area contributed by atoms with Crippen LogP contribution in [0.5, 0.6) is 0 Å².